The number of benzene rings is 1. The number of unbranched alkanes of at least 4 members (excludes halogenated alkanes) is 2. The molecule has 0 aromatic heterocycles. The molecule has 0 saturated carbocycles. The second kappa shape index (κ2) is 10.0. The zero-order chi connectivity index (χ0) is 15.7. The summed E-state index contributed by atoms with van der Waals surface area (Å²) in [4.78, 5) is 14.4. The highest BCUT2D eigenvalue weighted by Gasteiger charge is 2.10. The summed E-state index contributed by atoms with van der Waals surface area (Å²) >= 11 is 11.9. The smallest absolute Gasteiger partial charge is 0.252 e. The van der Waals surface area contributed by atoms with Crippen LogP contribution >= 0.6 is 23.2 Å². The third-order valence-electron chi connectivity index (χ3n) is 3.50. The normalized spacial score (nSPS) is 10.9. The van der Waals surface area contributed by atoms with E-state index < -0.39 is 0 Å². The van der Waals surface area contributed by atoms with Crippen molar-refractivity contribution in [2.24, 2.45) is 0 Å². The Balaban J connectivity index is 2.23. The van der Waals surface area contributed by atoms with Crippen LogP contribution in [0.3, 0.4) is 0 Å². The summed E-state index contributed by atoms with van der Waals surface area (Å²) in [5, 5.41) is 3.83. The maximum absolute atomic E-state index is 12.0. The van der Waals surface area contributed by atoms with E-state index in [1.54, 1.807) is 18.2 Å². The fraction of sp³-hybridized carbons (Fsp3) is 0.562. The highest BCUT2D eigenvalue weighted by Crippen LogP contribution is 2.20. The number of nitrogens with one attached hydrogen (secondary N) is 1. The molecule has 0 atom stereocenters. The number of amides is 1. The van der Waals surface area contributed by atoms with E-state index in [1.165, 1.54) is 0 Å². The Morgan fingerprint density at radius 1 is 1.14 bits per heavy atom. The molecule has 0 unspecified atom stereocenters. The van der Waals surface area contributed by atoms with Crippen molar-refractivity contribution >= 4 is 29.1 Å². The van der Waals surface area contributed by atoms with Gasteiger partial charge in [0.05, 0.1) is 10.6 Å². The first-order chi connectivity index (χ1) is 10.1. The van der Waals surface area contributed by atoms with E-state index in [0.717, 1.165) is 38.9 Å². The monoisotopic (exact) mass is 330 g/mol. The van der Waals surface area contributed by atoms with Gasteiger partial charge in [-0.2, -0.15) is 0 Å². The molecule has 0 bridgehead atoms. The fourth-order valence-corrected chi connectivity index (χ4v) is 2.52. The first kappa shape index (κ1) is 18.3. The summed E-state index contributed by atoms with van der Waals surface area (Å²) in [7, 11) is 0. The van der Waals surface area contributed by atoms with Gasteiger partial charge in [0.2, 0.25) is 0 Å². The number of rotatable bonds is 9. The molecule has 118 valence electrons. The maximum Gasteiger partial charge on any atom is 0.252 e. The minimum Gasteiger partial charge on any atom is -0.352 e. The Morgan fingerprint density at radius 3 is 2.52 bits per heavy atom. The highest BCUT2D eigenvalue weighted by molar-refractivity contribution is 6.35. The SMILES string of the molecule is CCN(CC)CCCCCNC(=O)c1cc(Cl)ccc1Cl. The van der Waals surface area contributed by atoms with Gasteiger partial charge in [-0.05, 0) is 50.7 Å². The minimum absolute atomic E-state index is 0.161. The molecule has 1 N–H and O–H groups in total. The number of carbonyl (C=O) groups excluding carboxylic acids is 1. The molecule has 0 heterocycles. The van der Waals surface area contributed by atoms with Crippen LogP contribution in [0.1, 0.15) is 43.5 Å². The van der Waals surface area contributed by atoms with E-state index in [4.69, 9.17) is 23.2 Å². The quantitative estimate of drug-likeness (QED) is 0.687. The lowest BCUT2D eigenvalue weighted by molar-refractivity contribution is 0.0953. The summed E-state index contributed by atoms with van der Waals surface area (Å²) in [6.45, 7) is 8.35. The molecule has 5 heteroatoms. The second-order valence-electron chi connectivity index (χ2n) is 4.97. The van der Waals surface area contributed by atoms with Crippen molar-refractivity contribution in [3.05, 3.63) is 33.8 Å². The third kappa shape index (κ3) is 6.68. The molecular weight excluding hydrogens is 307 g/mol. The summed E-state index contributed by atoms with van der Waals surface area (Å²) in [5.74, 6) is -0.161. The van der Waals surface area contributed by atoms with Crippen LogP contribution in [-0.4, -0.2) is 37.0 Å². The molecule has 1 amide bonds. The summed E-state index contributed by atoms with van der Waals surface area (Å²) in [5.41, 5.74) is 0.437. The van der Waals surface area contributed by atoms with Gasteiger partial charge >= 0.3 is 0 Å². The average molecular weight is 331 g/mol. The molecule has 1 aromatic carbocycles. The van der Waals surface area contributed by atoms with Crippen LogP contribution in [0.5, 0.6) is 0 Å². The Morgan fingerprint density at radius 2 is 1.86 bits per heavy atom. The van der Waals surface area contributed by atoms with E-state index >= 15 is 0 Å². The van der Waals surface area contributed by atoms with Gasteiger partial charge in [0.15, 0.2) is 0 Å². The van der Waals surface area contributed by atoms with Gasteiger partial charge in [-0.3, -0.25) is 4.79 Å². The van der Waals surface area contributed by atoms with E-state index in [0.29, 0.717) is 22.2 Å². The van der Waals surface area contributed by atoms with Gasteiger partial charge in [0.1, 0.15) is 0 Å². The zero-order valence-corrected chi connectivity index (χ0v) is 14.3. The molecule has 1 rings (SSSR count). The van der Waals surface area contributed by atoms with Crippen LogP contribution in [0.25, 0.3) is 0 Å². The van der Waals surface area contributed by atoms with Crippen molar-refractivity contribution in [3.63, 3.8) is 0 Å². The van der Waals surface area contributed by atoms with Crippen LogP contribution in [0.15, 0.2) is 18.2 Å². The van der Waals surface area contributed by atoms with Gasteiger partial charge in [0, 0.05) is 11.6 Å². The second-order valence-corrected chi connectivity index (χ2v) is 5.81. The molecule has 0 spiro atoms. The molecular formula is C16H24Cl2N2O. The van der Waals surface area contributed by atoms with Crippen LogP contribution in [0.2, 0.25) is 10.0 Å². The molecule has 0 aliphatic rings. The van der Waals surface area contributed by atoms with Crippen LogP contribution < -0.4 is 5.32 Å². The van der Waals surface area contributed by atoms with Crippen LogP contribution in [-0.2, 0) is 0 Å². The largest absolute Gasteiger partial charge is 0.352 e. The number of hydrogen-bond donors (Lipinski definition) is 1. The van der Waals surface area contributed by atoms with Crippen molar-refractivity contribution in [1.29, 1.82) is 0 Å². The maximum atomic E-state index is 12.0. The van der Waals surface area contributed by atoms with Crippen molar-refractivity contribution in [3.8, 4) is 0 Å². The topological polar surface area (TPSA) is 32.3 Å². The van der Waals surface area contributed by atoms with Gasteiger partial charge in [-0.1, -0.05) is 43.5 Å². The highest BCUT2D eigenvalue weighted by atomic mass is 35.5. The fourth-order valence-electron chi connectivity index (χ4n) is 2.15. The molecule has 3 nitrogen and oxygen atoms in total. The molecule has 21 heavy (non-hydrogen) atoms. The van der Waals surface area contributed by atoms with Gasteiger partial charge in [-0.15, -0.1) is 0 Å². The van der Waals surface area contributed by atoms with Crippen molar-refractivity contribution in [2.45, 2.75) is 33.1 Å². The molecule has 0 aliphatic carbocycles. The summed E-state index contributed by atoms with van der Waals surface area (Å²) in [6, 6.07) is 4.91. The van der Waals surface area contributed by atoms with E-state index in [1.807, 2.05) is 0 Å². The predicted octanol–water partition coefficient (Wildman–Crippen LogP) is 4.24. The number of hydrogen-bond acceptors (Lipinski definition) is 2. The summed E-state index contributed by atoms with van der Waals surface area (Å²) in [6.07, 6.45) is 3.25. The Labute approximate surface area is 137 Å². The lowest BCUT2D eigenvalue weighted by Crippen LogP contribution is -2.26. The molecule has 0 radical (unpaired) electrons. The Kier molecular flexibility index (Phi) is 8.74. The molecule has 0 aliphatic heterocycles. The van der Waals surface area contributed by atoms with E-state index in [9.17, 15) is 4.79 Å². The number of carbonyl (C=O) groups is 1. The predicted molar refractivity (Wildman–Crippen MR) is 90.4 cm³/mol. The number of nitrogens with zero attached hydrogens (tertiary/aromatic N) is 1. The lowest BCUT2D eigenvalue weighted by Gasteiger charge is -2.17. The van der Waals surface area contributed by atoms with Crippen molar-refractivity contribution in [2.75, 3.05) is 26.2 Å². The Bertz CT molecular complexity index is 448. The zero-order valence-electron chi connectivity index (χ0n) is 12.8. The standard InChI is InChI=1S/C16H24Cl2N2O/c1-3-20(4-2)11-7-5-6-10-19-16(21)14-12-13(17)8-9-15(14)18/h8-9,12H,3-7,10-11H2,1-2H3,(H,19,21). The van der Waals surface area contributed by atoms with Crippen molar-refractivity contribution < 1.29 is 4.79 Å². The molecule has 0 fully saturated rings. The van der Waals surface area contributed by atoms with Crippen LogP contribution in [0.4, 0.5) is 0 Å². The van der Waals surface area contributed by atoms with Crippen LogP contribution in [0, 0.1) is 0 Å². The van der Waals surface area contributed by atoms with Gasteiger partial charge < -0.3 is 10.2 Å². The van der Waals surface area contributed by atoms with Gasteiger partial charge in [0.25, 0.3) is 5.91 Å². The third-order valence-corrected chi connectivity index (χ3v) is 4.07. The molecule has 0 saturated heterocycles. The van der Waals surface area contributed by atoms with Gasteiger partial charge in [-0.25, -0.2) is 0 Å². The van der Waals surface area contributed by atoms with E-state index in [2.05, 4.69) is 24.1 Å². The molecule has 1 aromatic rings. The number of halogens is 2. The first-order valence-corrected chi connectivity index (χ1v) is 8.29. The lowest BCUT2D eigenvalue weighted by atomic mass is 10.2. The first-order valence-electron chi connectivity index (χ1n) is 7.54. The minimum atomic E-state index is -0.161. The Hall–Kier alpha value is -0.770. The summed E-state index contributed by atoms with van der Waals surface area (Å²) < 4.78 is 0. The van der Waals surface area contributed by atoms with E-state index in [-0.39, 0.29) is 5.91 Å². The van der Waals surface area contributed by atoms with Crippen molar-refractivity contribution in [1.82, 2.24) is 10.2 Å². The average Bonchev–Trinajstić information content (AvgIpc) is 2.49.